The van der Waals surface area contributed by atoms with E-state index in [-0.39, 0.29) is 11.3 Å². The predicted molar refractivity (Wildman–Crippen MR) is 160 cm³/mol. The van der Waals surface area contributed by atoms with E-state index in [9.17, 15) is 14.7 Å². The second-order valence-electron chi connectivity index (χ2n) is 10.0. The topological polar surface area (TPSA) is 107 Å². The van der Waals surface area contributed by atoms with E-state index in [4.69, 9.17) is 23.9 Å². The van der Waals surface area contributed by atoms with Crippen molar-refractivity contribution in [3.63, 3.8) is 0 Å². The van der Waals surface area contributed by atoms with Crippen LogP contribution in [0.15, 0.2) is 54.1 Å². The number of benzene rings is 3. The first-order chi connectivity index (χ1) is 20.3. The second kappa shape index (κ2) is 11.0. The fourth-order valence-electron chi connectivity index (χ4n) is 5.39. The summed E-state index contributed by atoms with van der Waals surface area (Å²) in [6.45, 7) is 9.32. The summed E-state index contributed by atoms with van der Waals surface area (Å²) in [5.74, 6) is 0.0923. The van der Waals surface area contributed by atoms with Crippen molar-refractivity contribution in [3.8, 4) is 23.0 Å². The zero-order valence-corrected chi connectivity index (χ0v) is 24.5. The number of hydrogen-bond acceptors (Lipinski definition) is 9. The first kappa shape index (κ1) is 27.6. The summed E-state index contributed by atoms with van der Waals surface area (Å²) in [7, 11) is 0. The molecule has 1 N–H and O–H groups in total. The Kier molecular flexibility index (Phi) is 7.24. The SMILES string of the molecule is CCOc1ccc([C@H]2C(=C(O)c3ccc4c(c3)OCCO4)C(=O)C(=O)N2c2nc3c(C)cc(C)cc3s2)cc1OCC. The Labute approximate surface area is 246 Å². The van der Waals surface area contributed by atoms with Gasteiger partial charge in [0.05, 0.1) is 35.0 Å². The minimum atomic E-state index is -0.977. The van der Waals surface area contributed by atoms with Gasteiger partial charge in [0.15, 0.2) is 28.1 Å². The highest BCUT2D eigenvalue weighted by Crippen LogP contribution is 2.47. The van der Waals surface area contributed by atoms with Crippen molar-refractivity contribution in [2.45, 2.75) is 33.7 Å². The Bertz CT molecular complexity index is 1760. The quantitative estimate of drug-likeness (QED) is 0.157. The molecule has 1 fully saturated rings. The van der Waals surface area contributed by atoms with Gasteiger partial charge in [-0.2, -0.15) is 0 Å². The highest BCUT2D eigenvalue weighted by molar-refractivity contribution is 7.22. The van der Waals surface area contributed by atoms with Crippen molar-refractivity contribution in [1.29, 1.82) is 0 Å². The number of rotatable bonds is 7. The molecule has 0 unspecified atom stereocenters. The van der Waals surface area contributed by atoms with E-state index in [1.807, 2.05) is 39.8 Å². The number of aryl methyl sites for hydroxylation is 2. The van der Waals surface area contributed by atoms with Crippen LogP contribution in [0.4, 0.5) is 5.13 Å². The molecule has 4 aromatic rings. The van der Waals surface area contributed by atoms with E-state index in [1.54, 1.807) is 36.4 Å². The van der Waals surface area contributed by atoms with Gasteiger partial charge in [-0.3, -0.25) is 14.5 Å². The summed E-state index contributed by atoms with van der Waals surface area (Å²) in [4.78, 5) is 33.7. The van der Waals surface area contributed by atoms with Gasteiger partial charge in [0, 0.05) is 5.56 Å². The fourth-order valence-corrected chi connectivity index (χ4v) is 6.56. The third-order valence-corrected chi connectivity index (χ3v) is 8.17. The number of carbonyl (C=O) groups excluding carboxylic acids is 2. The van der Waals surface area contributed by atoms with Crippen molar-refractivity contribution < 1.29 is 33.6 Å². The van der Waals surface area contributed by atoms with Crippen molar-refractivity contribution in [2.24, 2.45) is 0 Å². The normalized spacial score (nSPS) is 17.6. The van der Waals surface area contributed by atoms with Crippen molar-refractivity contribution in [3.05, 3.63) is 76.4 Å². The fraction of sp³-hybridized carbons (Fsp3) is 0.281. The van der Waals surface area contributed by atoms with Crippen LogP contribution in [0.1, 0.15) is 42.1 Å². The van der Waals surface area contributed by atoms with Crippen LogP contribution in [0.5, 0.6) is 23.0 Å². The van der Waals surface area contributed by atoms with E-state index in [0.717, 1.165) is 21.3 Å². The number of anilines is 1. The molecule has 3 aromatic carbocycles. The molecule has 1 saturated heterocycles. The maximum atomic E-state index is 13.8. The molecule has 216 valence electrons. The lowest BCUT2D eigenvalue weighted by atomic mass is 9.95. The monoisotopic (exact) mass is 586 g/mol. The average molecular weight is 587 g/mol. The first-order valence-corrected chi connectivity index (χ1v) is 14.6. The predicted octanol–water partition coefficient (Wildman–Crippen LogP) is 6.11. The number of aliphatic hydroxyl groups is 1. The van der Waals surface area contributed by atoms with Gasteiger partial charge in [-0.1, -0.05) is 23.5 Å². The van der Waals surface area contributed by atoms with Gasteiger partial charge in [-0.25, -0.2) is 4.98 Å². The van der Waals surface area contributed by atoms with E-state index in [0.29, 0.717) is 65.7 Å². The van der Waals surface area contributed by atoms with E-state index < -0.39 is 17.7 Å². The molecule has 10 heteroatoms. The van der Waals surface area contributed by atoms with Crippen molar-refractivity contribution >= 4 is 44.1 Å². The third-order valence-electron chi connectivity index (χ3n) is 7.17. The number of amides is 1. The van der Waals surface area contributed by atoms with Gasteiger partial charge in [0.2, 0.25) is 0 Å². The average Bonchev–Trinajstić information content (AvgIpc) is 3.52. The number of ether oxygens (including phenoxy) is 4. The van der Waals surface area contributed by atoms with Crippen LogP contribution < -0.4 is 23.8 Å². The van der Waals surface area contributed by atoms with Gasteiger partial charge in [-0.15, -0.1) is 0 Å². The number of aliphatic hydroxyl groups excluding tert-OH is 1. The minimum Gasteiger partial charge on any atom is -0.507 e. The molecule has 1 atom stereocenters. The summed E-state index contributed by atoms with van der Waals surface area (Å²) < 4.78 is 23.8. The number of carbonyl (C=O) groups is 2. The number of fused-ring (bicyclic) bond motifs is 2. The Morgan fingerprint density at radius 3 is 2.48 bits per heavy atom. The summed E-state index contributed by atoms with van der Waals surface area (Å²) in [5.41, 5.74) is 3.63. The molecule has 0 radical (unpaired) electrons. The molecule has 0 saturated carbocycles. The molecule has 0 aliphatic carbocycles. The lowest BCUT2D eigenvalue weighted by Crippen LogP contribution is -2.29. The molecule has 0 bridgehead atoms. The molecule has 0 spiro atoms. The van der Waals surface area contributed by atoms with Crippen LogP contribution in [0.3, 0.4) is 0 Å². The van der Waals surface area contributed by atoms with E-state index >= 15 is 0 Å². The summed E-state index contributed by atoms with van der Waals surface area (Å²) in [6.07, 6.45) is 0. The third kappa shape index (κ3) is 4.71. The van der Waals surface area contributed by atoms with Gasteiger partial charge in [0.1, 0.15) is 19.0 Å². The van der Waals surface area contributed by atoms with Gasteiger partial charge >= 0.3 is 5.91 Å². The smallest absolute Gasteiger partial charge is 0.301 e. The molecule has 1 aromatic heterocycles. The second-order valence-corrected chi connectivity index (χ2v) is 11.0. The zero-order chi connectivity index (χ0) is 29.5. The van der Waals surface area contributed by atoms with Crippen molar-refractivity contribution in [2.75, 3.05) is 31.3 Å². The summed E-state index contributed by atoms with van der Waals surface area (Å²) >= 11 is 1.33. The van der Waals surface area contributed by atoms with Gasteiger partial charge in [0.25, 0.3) is 5.78 Å². The molecule has 1 amide bonds. The highest BCUT2D eigenvalue weighted by Gasteiger charge is 2.48. The van der Waals surface area contributed by atoms with Gasteiger partial charge < -0.3 is 24.1 Å². The molecule has 3 heterocycles. The molecule has 6 rings (SSSR count). The number of nitrogens with zero attached hydrogens (tertiary/aromatic N) is 2. The number of aromatic nitrogens is 1. The van der Waals surface area contributed by atoms with Crippen LogP contribution >= 0.6 is 11.3 Å². The Balaban J connectivity index is 1.56. The molecule has 42 heavy (non-hydrogen) atoms. The Morgan fingerprint density at radius 2 is 1.71 bits per heavy atom. The first-order valence-electron chi connectivity index (χ1n) is 13.8. The lowest BCUT2D eigenvalue weighted by molar-refractivity contribution is -0.132. The molecule has 9 nitrogen and oxygen atoms in total. The molecular formula is C32H30N2O7S. The Hall–Kier alpha value is -4.57. The molecular weight excluding hydrogens is 556 g/mol. The maximum Gasteiger partial charge on any atom is 0.301 e. The number of hydrogen-bond donors (Lipinski definition) is 1. The lowest BCUT2D eigenvalue weighted by Gasteiger charge is -2.24. The van der Waals surface area contributed by atoms with Gasteiger partial charge in [-0.05, 0) is 80.8 Å². The van der Waals surface area contributed by atoms with Crippen molar-refractivity contribution in [1.82, 2.24) is 4.98 Å². The summed E-state index contributed by atoms with van der Waals surface area (Å²) in [6, 6.07) is 13.3. The van der Waals surface area contributed by atoms with Crippen LogP contribution in [0, 0.1) is 13.8 Å². The Morgan fingerprint density at radius 1 is 0.976 bits per heavy atom. The van der Waals surface area contributed by atoms with E-state index in [2.05, 4.69) is 0 Å². The zero-order valence-electron chi connectivity index (χ0n) is 23.7. The number of ketones is 1. The minimum absolute atomic E-state index is 0.0598. The highest BCUT2D eigenvalue weighted by atomic mass is 32.1. The van der Waals surface area contributed by atoms with Crippen LogP contribution in [0.25, 0.3) is 16.0 Å². The number of Topliss-reactive ketones (excluding diaryl/α,β-unsaturated/α-hetero) is 1. The maximum absolute atomic E-state index is 13.8. The standard InChI is InChI=1S/C32H30N2O7S/c1-5-38-21-9-7-19(15-23(21)39-6-2)28-26(29(35)20-8-10-22-24(16-20)41-12-11-40-22)30(36)31(37)34(28)32-33-27-18(4)13-17(3)14-25(27)42-32/h7-10,13-16,28,35H,5-6,11-12H2,1-4H3/t28-/m0/s1. The van der Waals surface area contributed by atoms with Crippen LogP contribution in [-0.2, 0) is 9.59 Å². The molecule has 2 aliphatic heterocycles. The molecule has 2 aliphatic rings. The number of thiazole rings is 1. The van der Waals surface area contributed by atoms with Crippen LogP contribution in [-0.4, -0.2) is 48.2 Å². The summed E-state index contributed by atoms with van der Waals surface area (Å²) in [5, 5.41) is 12.0. The van der Waals surface area contributed by atoms with E-state index in [1.165, 1.54) is 16.2 Å². The largest absolute Gasteiger partial charge is 0.507 e. The van der Waals surface area contributed by atoms with Crippen LogP contribution in [0.2, 0.25) is 0 Å².